The van der Waals surface area contributed by atoms with Crippen LogP contribution in [0.1, 0.15) is 30.6 Å². The van der Waals surface area contributed by atoms with Crippen LogP contribution in [0.15, 0.2) is 18.2 Å². The first-order chi connectivity index (χ1) is 8.13. The monoisotopic (exact) mass is 251 g/mol. The zero-order chi connectivity index (χ0) is 12.4. The number of rotatable bonds is 2. The highest BCUT2D eigenvalue weighted by atomic mass is 35.5. The number of piperidine rings is 1. The Labute approximate surface area is 108 Å². The van der Waals surface area contributed by atoms with Crippen LogP contribution in [0.5, 0.6) is 0 Å². The van der Waals surface area contributed by atoms with Crippen LogP contribution in [0.25, 0.3) is 0 Å². The Morgan fingerprint density at radius 3 is 2.76 bits per heavy atom. The molecule has 0 aromatic heterocycles. The van der Waals surface area contributed by atoms with Crippen LogP contribution in [-0.4, -0.2) is 19.4 Å². The van der Waals surface area contributed by atoms with Gasteiger partial charge in [-0.2, -0.15) is 0 Å². The molecule has 3 heteroatoms. The number of carbonyl (C=O) groups is 1. The van der Waals surface area contributed by atoms with Gasteiger partial charge in [-0.1, -0.05) is 31.5 Å². The van der Waals surface area contributed by atoms with Crippen molar-refractivity contribution in [2.75, 3.05) is 18.0 Å². The molecular weight excluding hydrogens is 234 g/mol. The van der Waals surface area contributed by atoms with E-state index in [0.717, 1.165) is 31.0 Å². The molecule has 0 amide bonds. The molecule has 2 unspecified atom stereocenters. The van der Waals surface area contributed by atoms with Crippen molar-refractivity contribution in [2.45, 2.75) is 20.3 Å². The zero-order valence-electron chi connectivity index (χ0n) is 10.3. The largest absolute Gasteiger partial charge is 0.371 e. The summed E-state index contributed by atoms with van der Waals surface area (Å²) in [6.07, 6.45) is 2.03. The Bertz CT molecular complexity index is 419. The van der Waals surface area contributed by atoms with Crippen molar-refractivity contribution in [1.29, 1.82) is 0 Å². The van der Waals surface area contributed by atoms with Gasteiger partial charge in [0.2, 0.25) is 0 Å². The summed E-state index contributed by atoms with van der Waals surface area (Å²) in [5.41, 5.74) is 1.60. The number of hydrogen-bond donors (Lipinski definition) is 0. The van der Waals surface area contributed by atoms with Gasteiger partial charge in [-0.3, -0.25) is 4.79 Å². The molecule has 2 rings (SSSR count). The number of benzene rings is 1. The van der Waals surface area contributed by atoms with Gasteiger partial charge in [-0.25, -0.2) is 0 Å². The molecule has 0 saturated carbocycles. The molecule has 0 spiro atoms. The molecule has 2 nitrogen and oxygen atoms in total. The Balaban J connectivity index is 2.28. The van der Waals surface area contributed by atoms with E-state index in [1.807, 2.05) is 12.1 Å². The van der Waals surface area contributed by atoms with E-state index in [2.05, 4.69) is 18.7 Å². The Kier molecular flexibility index (Phi) is 3.72. The minimum absolute atomic E-state index is 0.545. The van der Waals surface area contributed by atoms with Crippen LogP contribution in [0, 0.1) is 11.8 Å². The average molecular weight is 252 g/mol. The summed E-state index contributed by atoms with van der Waals surface area (Å²) in [5, 5.41) is 0.545. The molecule has 0 aliphatic carbocycles. The molecule has 1 saturated heterocycles. The smallest absolute Gasteiger partial charge is 0.153 e. The van der Waals surface area contributed by atoms with E-state index in [-0.39, 0.29) is 0 Å². The van der Waals surface area contributed by atoms with Gasteiger partial charge in [0.15, 0.2) is 6.29 Å². The molecule has 17 heavy (non-hydrogen) atoms. The maximum atomic E-state index is 11.1. The molecular formula is C14H18ClNO. The predicted octanol–water partition coefficient (Wildman–Crippen LogP) is 3.63. The molecule has 1 fully saturated rings. The Morgan fingerprint density at radius 2 is 2.12 bits per heavy atom. The third-order valence-electron chi connectivity index (χ3n) is 3.82. The third-order valence-corrected chi connectivity index (χ3v) is 4.15. The quantitative estimate of drug-likeness (QED) is 0.748. The highest BCUT2D eigenvalue weighted by Crippen LogP contribution is 2.31. The highest BCUT2D eigenvalue weighted by molar-refractivity contribution is 6.33. The van der Waals surface area contributed by atoms with Gasteiger partial charge < -0.3 is 4.90 Å². The van der Waals surface area contributed by atoms with Crippen LogP contribution in [0.3, 0.4) is 0 Å². The molecule has 0 radical (unpaired) electrons. The SMILES string of the molecule is CC1CCN(c2cccc(Cl)c2C=O)CC1C. The molecule has 0 bridgehead atoms. The average Bonchev–Trinajstić information content (AvgIpc) is 2.32. The minimum Gasteiger partial charge on any atom is -0.371 e. The van der Waals surface area contributed by atoms with Crippen molar-refractivity contribution in [3.63, 3.8) is 0 Å². The summed E-state index contributed by atoms with van der Waals surface area (Å²) in [5.74, 6) is 1.41. The van der Waals surface area contributed by atoms with Gasteiger partial charge in [0.1, 0.15) is 0 Å². The van der Waals surface area contributed by atoms with Gasteiger partial charge in [0.05, 0.1) is 10.6 Å². The third kappa shape index (κ3) is 2.47. The van der Waals surface area contributed by atoms with Gasteiger partial charge >= 0.3 is 0 Å². The van der Waals surface area contributed by atoms with Crippen molar-refractivity contribution in [3.05, 3.63) is 28.8 Å². The maximum Gasteiger partial charge on any atom is 0.153 e. The van der Waals surface area contributed by atoms with Crippen molar-refractivity contribution in [3.8, 4) is 0 Å². The van der Waals surface area contributed by atoms with Crippen molar-refractivity contribution in [2.24, 2.45) is 11.8 Å². The number of carbonyl (C=O) groups excluding carboxylic acids is 1. The lowest BCUT2D eigenvalue weighted by atomic mass is 9.88. The Hall–Kier alpha value is -1.02. The number of aldehydes is 1. The molecule has 1 heterocycles. The van der Waals surface area contributed by atoms with Crippen LogP contribution < -0.4 is 4.90 Å². The molecule has 92 valence electrons. The normalized spacial score (nSPS) is 24.8. The lowest BCUT2D eigenvalue weighted by molar-refractivity contribution is 0.112. The minimum atomic E-state index is 0.545. The Morgan fingerprint density at radius 1 is 1.35 bits per heavy atom. The van der Waals surface area contributed by atoms with Gasteiger partial charge in [-0.05, 0) is 30.4 Å². The van der Waals surface area contributed by atoms with Gasteiger partial charge in [0.25, 0.3) is 0 Å². The summed E-state index contributed by atoms with van der Waals surface area (Å²) in [4.78, 5) is 13.4. The van der Waals surface area contributed by atoms with E-state index < -0.39 is 0 Å². The first-order valence-electron chi connectivity index (χ1n) is 6.12. The fraction of sp³-hybridized carbons (Fsp3) is 0.500. The molecule has 2 atom stereocenters. The summed E-state index contributed by atoms with van der Waals surface area (Å²) in [6, 6.07) is 5.66. The van der Waals surface area contributed by atoms with E-state index >= 15 is 0 Å². The number of halogens is 1. The van der Waals surface area contributed by atoms with Crippen LogP contribution in [-0.2, 0) is 0 Å². The van der Waals surface area contributed by atoms with E-state index in [0.29, 0.717) is 16.5 Å². The lowest BCUT2D eigenvalue weighted by Gasteiger charge is -2.37. The van der Waals surface area contributed by atoms with E-state index in [1.165, 1.54) is 6.42 Å². The number of nitrogens with zero attached hydrogens (tertiary/aromatic N) is 1. The fourth-order valence-corrected chi connectivity index (χ4v) is 2.61. The molecule has 1 aromatic rings. The van der Waals surface area contributed by atoms with Crippen molar-refractivity contribution in [1.82, 2.24) is 0 Å². The standard InChI is InChI=1S/C14H18ClNO/c1-10-6-7-16(8-11(10)2)14-5-3-4-13(15)12(14)9-17/h3-5,9-11H,6-8H2,1-2H3. The van der Waals surface area contributed by atoms with Gasteiger partial charge in [-0.15, -0.1) is 0 Å². The summed E-state index contributed by atoms with van der Waals surface area (Å²) in [7, 11) is 0. The van der Waals surface area contributed by atoms with Crippen molar-refractivity contribution >= 4 is 23.6 Å². The van der Waals surface area contributed by atoms with Crippen LogP contribution in [0.4, 0.5) is 5.69 Å². The zero-order valence-corrected chi connectivity index (χ0v) is 11.1. The van der Waals surface area contributed by atoms with E-state index in [1.54, 1.807) is 6.07 Å². The second-order valence-corrected chi connectivity index (χ2v) is 5.39. The summed E-state index contributed by atoms with van der Waals surface area (Å²) < 4.78 is 0. The fourth-order valence-electron chi connectivity index (χ4n) is 2.40. The second-order valence-electron chi connectivity index (χ2n) is 4.98. The summed E-state index contributed by atoms with van der Waals surface area (Å²) in [6.45, 7) is 6.57. The number of hydrogen-bond acceptors (Lipinski definition) is 2. The molecule has 1 aliphatic rings. The predicted molar refractivity (Wildman–Crippen MR) is 72.0 cm³/mol. The molecule has 0 N–H and O–H groups in total. The highest BCUT2D eigenvalue weighted by Gasteiger charge is 2.24. The molecule has 1 aliphatic heterocycles. The second kappa shape index (κ2) is 5.09. The van der Waals surface area contributed by atoms with E-state index in [4.69, 9.17) is 11.6 Å². The molecule has 1 aromatic carbocycles. The van der Waals surface area contributed by atoms with E-state index in [9.17, 15) is 4.79 Å². The first kappa shape index (κ1) is 12.4. The van der Waals surface area contributed by atoms with Gasteiger partial charge in [0, 0.05) is 18.8 Å². The first-order valence-corrected chi connectivity index (χ1v) is 6.50. The topological polar surface area (TPSA) is 20.3 Å². The maximum absolute atomic E-state index is 11.1. The van der Waals surface area contributed by atoms with Crippen LogP contribution >= 0.6 is 11.6 Å². The summed E-state index contributed by atoms with van der Waals surface area (Å²) >= 11 is 6.06. The van der Waals surface area contributed by atoms with Crippen LogP contribution in [0.2, 0.25) is 5.02 Å². The van der Waals surface area contributed by atoms with Crippen molar-refractivity contribution < 1.29 is 4.79 Å². The lowest BCUT2D eigenvalue weighted by Crippen LogP contribution is -2.38. The number of anilines is 1.